The van der Waals surface area contributed by atoms with Gasteiger partial charge in [-0.3, -0.25) is 4.79 Å². The fraction of sp³-hybridized carbons (Fsp3) is 0.364. The molecule has 0 unspecified atom stereocenters. The van der Waals surface area contributed by atoms with Crippen molar-refractivity contribution in [1.82, 2.24) is 0 Å². The Bertz CT molecular complexity index is 352. The number of hydrogen-bond donors (Lipinski definition) is 1. The highest BCUT2D eigenvalue weighted by atomic mass is 35.5. The lowest BCUT2D eigenvalue weighted by atomic mass is 10.2. The summed E-state index contributed by atoms with van der Waals surface area (Å²) in [5, 5.41) is 3.79. The number of hydrogen-bond acceptors (Lipinski definition) is 1. The molecule has 1 rings (SSSR count). The van der Waals surface area contributed by atoms with Crippen molar-refractivity contribution < 1.29 is 4.79 Å². The molecule has 0 heterocycles. The summed E-state index contributed by atoms with van der Waals surface area (Å²) in [5.74, 6) is -0.0268. The van der Waals surface area contributed by atoms with Crippen molar-refractivity contribution >= 4 is 34.8 Å². The Morgan fingerprint density at radius 3 is 2.80 bits per heavy atom. The van der Waals surface area contributed by atoms with E-state index in [4.69, 9.17) is 23.2 Å². The zero-order valence-electron chi connectivity index (χ0n) is 8.52. The maximum absolute atomic E-state index is 11.4. The Kier molecular flexibility index (Phi) is 4.92. The number of nitrogens with one attached hydrogen (secondary N) is 1. The third kappa shape index (κ3) is 4.10. The molecular formula is C11H13Cl2NO. The molecule has 0 saturated carbocycles. The Morgan fingerprint density at radius 1 is 1.40 bits per heavy atom. The zero-order valence-corrected chi connectivity index (χ0v) is 10.0. The van der Waals surface area contributed by atoms with Crippen LogP contribution in [0.15, 0.2) is 18.2 Å². The van der Waals surface area contributed by atoms with E-state index in [0.29, 0.717) is 22.2 Å². The first kappa shape index (κ1) is 12.3. The molecule has 0 atom stereocenters. The highest BCUT2D eigenvalue weighted by Gasteiger charge is 2.05. The van der Waals surface area contributed by atoms with Crippen LogP contribution < -0.4 is 5.32 Å². The normalized spacial score (nSPS) is 10.1. The molecule has 0 spiro atoms. The smallest absolute Gasteiger partial charge is 0.224 e. The number of amides is 1. The summed E-state index contributed by atoms with van der Waals surface area (Å²) >= 11 is 11.7. The summed E-state index contributed by atoms with van der Waals surface area (Å²) in [6.45, 7) is 2.04. The lowest BCUT2D eigenvalue weighted by Crippen LogP contribution is -2.11. The standard InChI is InChI=1S/C11H13Cl2NO/c1-2-3-4-11(15)14-10-7-8(12)5-6-9(10)13/h5-7H,2-4H2,1H3,(H,14,15). The van der Waals surface area contributed by atoms with Gasteiger partial charge in [0.05, 0.1) is 10.7 Å². The molecule has 1 N–H and O–H groups in total. The van der Waals surface area contributed by atoms with Crippen LogP contribution in [0.1, 0.15) is 26.2 Å². The Labute approximate surface area is 99.6 Å². The monoisotopic (exact) mass is 245 g/mol. The van der Waals surface area contributed by atoms with E-state index in [1.807, 2.05) is 6.92 Å². The molecule has 0 aliphatic rings. The van der Waals surface area contributed by atoms with Crippen molar-refractivity contribution in [3.8, 4) is 0 Å². The predicted molar refractivity (Wildman–Crippen MR) is 64.6 cm³/mol. The second-order valence-corrected chi connectivity index (χ2v) is 4.12. The van der Waals surface area contributed by atoms with Crippen molar-refractivity contribution in [2.45, 2.75) is 26.2 Å². The number of rotatable bonds is 4. The molecule has 0 saturated heterocycles. The van der Waals surface area contributed by atoms with Gasteiger partial charge in [-0.05, 0) is 24.6 Å². The SMILES string of the molecule is CCCCC(=O)Nc1cc(Cl)ccc1Cl. The quantitative estimate of drug-likeness (QED) is 0.850. The van der Waals surface area contributed by atoms with Crippen LogP contribution in [0.4, 0.5) is 5.69 Å². The first-order chi connectivity index (χ1) is 7.13. The summed E-state index contributed by atoms with van der Waals surface area (Å²) in [6, 6.07) is 5.00. The molecule has 4 heteroatoms. The molecule has 0 fully saturated rings. The molecule has 1 amide bonds. The molecule has 2 nitrogen and oxygen atoms in total. The minimum Gasteiger partial charge on any atom is -0.325 e. The molecule has 0 radical (unpaired) electrons. The van der Waals surface area contributed by atoms with Crippen LogP contribution in [0.2, 0.25) is 10.0 Å². The van der Waals surface area contributed by atoms with E-state index in [9.17, 15) is 4.79 Å². The topological polar surface area (TPSA) is 29.1 Å². The summed E-state index contributed by atoms with van der Waals surface area (Å²) < 4.78 is 0. The Morgan fingerprint density at radius 2 is 2.13 bits per heavy atom. The van der Waals surface area contributed by atoms with Crippen LogP contribution in [0.3, 0.4) is 0 Å². The van der Waals surface area contributed by atoms with Crippen molar-refractivity contribution in [2.75, 3.05) is 5.32 Å². The van der Waals surface area contributed by atoms with Gasteiger partial charge in [-0.1, -0.05) is 36.5 Å². The van der Waals surface area contributed by atoms with E-state index in [0.717, 1.165) is 12.8 Å². The van der Waals surface area contributed by atoms with E-state index < -0.39 is 0 Å². The lowest BCUT2D eigenvalue weighted by Gasteiger charge is -2.06. The first-order valence-corrected chi connectivity index (χ1v) is 5.64. The Balaban J connectivity index is 2.63. The van der Waals surface area contributed by atoms with Gasteiger partial charge in [0.25, 0.3) is 0 Å². The molecule has 0 bridgehead atoms. The second-order valence-electron chi connectivity index (χ2n) is 3.28. The summed E-state index contributed by atoms with van der Waals surface area (Å²) in [4.78, 5) is 11.4. The number of halogens is 2. The summed E-state index contributed by atoms with van der Waals surface area (Å²) in [6.07, 6.45) is 2.39. The minimum atomic E-state index is -0.0268. The maximum Gasteiger partial charge on any atom is 0.224 e. The molecule has 1 aromatic carbocycles. The molecular weight excluding hydrogens is 233 g/mol. The lowest BCUT2D eigenvalue weighted by molar-refractivity contribution is -0.116. The average molecular weight is 246 g/mol. The third-order valence-corrected chi connectivity index (χ3v) is 2.52. The van der Waals surface area contributed by atoms with Crippen molar-refractivity contribution in [2.24, 2.45) is 0 Å². The van der Waals surface area contributed by atoms with E-state index in [-0.39, 0.29) is 5.91 Å². The fourth-order valence-electron chi connectivity index (χ4n) is 1.14. The van der Waals surface area contributed by atoms with Gasteiger partial charge in [-0.25, -0.2) is 0 Å². The molecule has 0 aliphatic carbocycles. The van der Waals surface area contributed by atoms with E-state index in [2.05, 4.69) is 5.32 Å². The van der Waals surface area contributed by atoms with Crippen LogP contribution in [0.25, 0.3) is 0 Å². The molecule has 1 aromatic rings. The van der Waals surface area contributed by atoms with Crippen LogP contribution in [-0.4, -0.2) is 5.91 Å². The van der Waals surface area contributed by atoms with Gasteiger partial charge in [0.15, 0.2) is 0 Å². The minimum absolute atomic E-state index is 0.0268. The summed E-state index contributed by atoms with van der Waals surface area (Å²) in [5.41, 5.74) is 0.574. The van der Waals surface area contributed by atoms with Crippen LogP contribution in [-0.2, 0) is 4.79 Å². The highest BCUT2D eigenvalue weighted by molar-refractivity contribution is 6.35. The molecule has 82 valence electrons. The zero-order chi connectivity index (χ0) is 11.3. The number of anilines is 1. The van der Waals surface area contributed by atoms with E-state index in [1.54, 1.807) is 18.2 Å². The third-order valence-electron chi connectivity index (χ3n) is 1.96. The largest absolute Gasteiger partial charge is 0.325 e. The van der Waals surface area contributed by atoms with Crippen LogP contribution in [0, 0.1) is 0 Å². The fourth-order valence-corrected chi connectivity index (χ4v) is 1.48. The molecule has 0 aliphatic heterocycles. The number of carbonyl (C=O) groups is 1. The van der Waals surface area contributed by atoms with Gasteiger partial charge in [-0.2, -0.15) is 0 Å². The van der Waals surface area contributed by atoms with Gasteiger partial charge >= 0.3 is 0 Å². The van der Waals surface area contributed by atoms with E-state index >= 15 is 0 Å². The summed E-state index contributed by atoms with van der Waals surface area (Å²) in [7, 11) is 0. The van der Waals surface area contributed by atoms with Gasteiger partial charge < -0.3 is 5.32 Å². The van der Waals surface area contributed by atoms with Crippen molar-refractivity contribution in [1.29, 1.82) is 0 Å². The molecule has 15 heavy (non-hydrogen) atoms. The van der Waals surface area contributed by atoms with Gasteiger partial charge in [-0.15, -0.1) is 0 Å². The van der Waals surface area contributed by atoms with Crippen molar-refractivity contribution in [3.05, 3.63) is 28.2 Å². The van der Waals surface area contributed by atoms with Crippen molar-refractivity contribution in [3.63, 3.8) is 0 Å². The van der Waals surface area contributed by atoms with E-state index in [1.165, 1.54) is 0 Å². The second kappa shape index (κ2) is 5.99. The van der Waals surface area contributed by atoms with Crippen LogP contribution >= 0.6 is 23.2 Å². The Hall–Kier alpha value is -0.730. The average Bonchev–Trinajstić information content (AvgIpc) is 2.20. The predicted octanol–water partition coefficient (Wildman–Crippen LogP) is 4.12. The van der Waals surface area contributed by atoms with Gasteiger partial charge in [0.2, 0.25) is 5.91 Å². The number of benzene rings is 1. The van der Waals surface area contributed by atoms with Gasteiger partial charge in [0.1, 0.15) is 0 Å². The first-order valence-electron chi connectivity index (χ1n) is 4.88. The van der Waals surface area contributed by atoms with Crippen LogP contribution in [0.5, 0.6) is 0 Å². The number of carbonyl (C=O) groups excluding carboxylic acids is 1. The maximum atomic E-state index is 11.4. The van der Waals surface area contributed by atoms with Gasteiger partial charge in [0, 0.05) is 11.4 Å². The highest BCUT2D eigenvalue weighted by Crippen LogP contribution is 2.25. The molecule has 0 aromatic heterocycles. The number of unbranched alkanes of at least 4 members (excludes halogenated alkanes) is 1.